The molecule has 4 nitrogen and oxygen atoms in total. The number of sulfone groups is 1. The lowest BCUT2D eigenvalue weighted by Crippen LogP contribution is -2.40. The Bertz CT molecular complexity index is 342. The minimum Gasteiger partial charge on any atom is -0.351 e. The second-order valence-corrected chi connectivity index (χ2v) is 6.94. The molecule has 0 aromatic heterocycles. The fourth-order valence-corrected chi connectivity index (χ4v) is 4.30. The highest BCUT2D eigenvalue weighted by atomic mass is 35.5. The Kier molecular flexibility index (Phi) is 5.05. The van der Waals surface area contributed by atoms with Crippen molar-refractivity contribution in [3.05, 3.63) is 0 Å². The van der Waals surface area contributed by atoms with Crippen LogP contribution in [0.1, 0.15) is 32.6 Å². The quantitative estimate of drug-likeness (QED) is 0.599. The fourth-order valence-electron chi connectivity index (χ4n) is 1.75. The largest absolute Gasteiger partial charge is 0.351 e. The third-order valence-electron chi connectivity index (χ3n) is 2.64. The second-order valence-electron chi connectivity index (χ2n) is 4.22. The van der Waals surface area contributed by atoms with Crippen LogP contribution in [0.3, 0.4) is 0 Å². The molecule has 1 aliphatic rings. The van der Waals surface area contributed by atoms with Crippen LogP contribution in [0.5, 0.6) is 0 Å². The first-order valence-electron chi connectivity index (χ1n) is 5.58. The molecular formula is C10H18ClNO3S. The number of hydrogen-bond acceptors (Lipinski definition) is 3. The summed E-state index contributed by atoms with van der Waals surface area (Å²) in [5.41, 5.74) is 0. The molecule has 0 aromatic carbocycles. The second kappa shape index (κ2) is 5.87. The number of carbonyl (C=O) groups is 1. The van der Waals surface area contributed by atoms with Crippen molar-refractivity contribution in [2.45, 2.75) is 44.0 Å². The molecule has 0 spiro atoms. The van der Waals surface area contributed by atoms with Gasteiger partial charge in [-0.2, -0.15) is 0 Å². The summed E-state index contributed by atoms with van der Waals surface area (Å²) in [4.78, 5) is 11.5. The van der Waals surface area contributed by atoms with E-state index in [9.17, 15) is 13.2 Å². The number of unbranched alkanes of at least 4 members (excludes halogenated alkanes) is 2. The van der Waals surface area contributed by atoms with Gasteiger partial charge in [0.15, 0.2) is 9.84 Å². The van der Waals surface area contributed by atoms with Crippen LogP contribution in [-0.2, 0) is 14.6 Å². The summed E-state index contributed by atoms with van der Waals surface area (Å²) in [6.07, 6.45) is 3.37. The van der Waals surface area contributed by atoms with Gasteiger partial charge in [-0.05, 0) is 6.42 Å². The average molecular weight is 268 g/mol. The molecule has 2 atom stereocenters. The predicted molar refractivity (Wildman–Crippen MR) is 64.4 cm³/mol. The zero-order valence-corrected chi connectivity index (χ0v) is 11.0. The molecular weight excluding hydrogens is 250 g/mol. The highest BCUT2D eigenvalue weighted by molar-refractivity contribution is 7.91. The van der Waals surface area contributed by atoms with E-state index in [-0.39, 0.29) is 17.4 Å². The summed E-state index contributed by atoms with van der Waals surface area (Å²) in [6, 6.07) is -0.416. The van der Waals surface area contributed by atoms with E-state index >= 15 is 0 Å². The zero-order chi connectivity index (χ0) is 12.2. The molecule has 0 aromatic rings. The number of nitrogens with one attached hydrogen (secondary N) is 1. The SMILES string of the molecule is CCCCCC(=O)N[C@@H]1CS(=O)(=O)C[C@@H]1Cl. The van der Waals surface area contributed by atoms with E-state index < -0.39 is 21.3 Å². The molecule has 16 heavy (non-hydrogen) atoms. The van der Waals surface area contributed by atoms with Gasteiger partial charge in [0.05, 0.1) is 22.9 Å². The number of carbonyl (C=O) groups excluding carboxylic acids is 1. The zero-order valence-electron chi connectivity index (χ0n) is 9.41. The highest BCUT2D eigenvalue weighted by Crippen LogP contribution is 2.18. The number of alkyl halides is 1. The molecule has 1 heterocycles. The van der Waals surface area contributed by atoms with Crippen LogP contribution < -0.4 is 5.32 Å². The van der Waals surface area contributed by atoms with E-state index in [1.807, 2.05) is 0 Å². The normalized spacial score (nSPS) is 27.9. The molecule has 0 bridgehead atoms. The number of hydrogen-bond donors (Lipinski definition) is 1. The Labute approximate surface area is 102 Å². The molecule has 1 saturated heterocycles. The fraction of sp³-hybridized carbons (Fsp3) is 0.900. The Morgan fingerprint density at radius 1 is 1.38 bits per heavy atom. The van der Waals surface area contributed by atoms with Crippen molar-refractivity contribution in [2.24, 2.45) is 0 Å². The Morgan fingerprint density at radius 2 is 2.06 bits per heavy atom. The summed E-state index contributed by atoms with van der Waals surface area (Å²) < 4.78 is 22.5. The summed E-state index contributed by atoms with van der Waals surface area (Å²) >= 11 is 5.87. The maximum atomic E-state index is 11.5. The number of halogens is 1. The summed E-state index contributed by atoms with van der Waals surface area (Å²) in [5.74, 6) is -0.156. The van der Waals surface area contributed by atoms with Crippen LogP contribution in [0.4, 0.5) is 0 Å². The van der Waals surface area contributed by atoms with Crippen LogP contribution >= 0.6 is 11.6 Å². The molecule has 1 aliphatic heterocycles. The van der Waals surface area contributed by atoms with Gasteiger partial charge in [-0.15, -0.1) is 11.6 Å². The van der Waals surface area contributed by atoms with Crippen molar-refractivity contribution in [1.29, 1.82) is 0 Å². The van der Waals surface area contributed by atoms with Crippen molar-refractivity contribution < 1.29 is 13.2 Å². The van der Waals surface area contributed by atoms with Gasteiger partial charge in [0.2, 0.25) is 5.91 Å². The van der Waals surface area contributed by atoms with Gasteiger partial charge < -0.3 is 5.32 Å². The molecule has 0 aliphatic carbocycles. The number of rotatable bonds is 5. The lowest BCUT2D eigenvalue weighted by molar-refractivity contribution is -0.121. The van der Waals surface area contributed by atoms with Crippen LogP contribution in [-0.4, -0.2) is 37.2 Å². The lowest BCUT2D eigenvalue weighted by Gasteiger charge is -2.13. The van der Waals surface area contributed by atoms with Gasteiger partial charge in [-0.1, -0.05) is 19.8 Å². The lowest BCUT2D eigenvalue weighted by atomic mass is 10.2. The first-order chi connectivity index (χ1) is 7.44. The summed E-state index contributed by atoms with van der Waals surface area (Å²) in [6.45, 7) is 2.07. The standard InChI is InChI=1S/C10H18ClNO3S/c1-2-3-4-5-10(13)12-9-7-16(14,15)6-8(9)11/h8-9H,2-7H2,1H3,(H,12,13)/t8-,9+/m0/s1. The molecule has 6 heteroatoms. The van der Waals surface area contributed by atoms with Gasteiger partial charge in [0, 0.05) is 6.42 Å². The molecule has 1 N–H and O–H groups in total. The van der Waals surface area contributed by atoms with Crippen molar-refractivity contribution in [1.82, 2.24) is 5.32 Å². The average Bonchev–Trinajstić information content (AvgIpc) is 2.40. The molecule has 0 radical (unpaired) electrons. The van der Waals surface area contributed by atoms with Crippen molar-refractivity contribution in [2.75, 3.05) is 11.5 Å². The summed E-state index contributed by atoms with van der Waals surface area (Å²) in [5, 5.41) is 2.21. The molecule has 0 saturated carbocycles. The van der Waals surface area contributed by atoms with Crippen LogP contribution in [0, 0.1) is 0 Å². The maximum Gasteiger partial charge on any atom is 0.220 e. The van der Waals surface area contributed by atoms with Crippen LogP contribution in [0.15, 0.2) is 0 Å². The molecule has 94 valence electrons. The minimum absolute atomic E-state index is 0.0271. The first kappa shape index (κ1) is 13.8. The van der Waals surface area contributed by atoms with E-state index in [1.54, 1.807) is 0 Å². The predicted octanol–water partition coefficient (Wildman–Crippen LogP) is 1.09. The van der Waals surface area contributed by atoms with Gasteiger partial charge in [-0.25, -0.2) is 8.42 Å². The van der Waals surface area contributed by atoms with Crippen molar-refractivity contribution in [3.63, 3.8) is 0 Å². The molecule has 0 unspecified atom stereocenters. The van der Waals surface area contributed by atoms with Crippen LogP contribution in [0.2, 0.25) is 0 Å². The van der Waals surface area contributed by atoms with Gasteiger partial charge in [0.1, 0.15) is 0 Å². The van der Waals surface area contributed by atoms with Gasteiger partial charge >= 0.3 is 0 Å². The monoisotopic (exact) mass is 267 g/mol. The Balaban J connectivity index is 2.35. The van der Waals surface area contributed by atoms with E-state index in [4.69, 9.17) is 11.6 Å². The Morgan fingerprint density at radius 3 is 2.56 bits per heavy atom. The maximum absolute atomic E-state index is 11.5. The highest BCUT2D eigenvalue weighted by Gasteiger charge is 2.37. The number of amides is 1. The van der Waals surface area contributed by atoms with Crippen molar-refractivity contribution >= 4 is 27.3 Å². The van der Waals surface area contributed by atoms with Crippen molar-refractivity contribution in [3.8, 4) is 0 Å². The van der Waals surface area contributed by atoms with Gasteiger partial charge in [0.25, 0.3) is 0 Å². The first-order valence-corrected chi connectivity index (χ1v) is 7.84. The third-order valence-corrected chi connectivity index (χ3v) is 5.01. The smallest absolute Gasteiger partial charge is 0.220 e. The van der Waals surface area contributed by atoms with Crippen LogP contribution in [0.25, 0.3) is 0 Å². The van der Waals surface area contributed by atoms with E-state index in [2.05, 4.69) is 12.2 Å². The summed E-state index contributed by atoms with van der Waals surface area (Å²) in [7, 11) is -3.06. The topological polar surface area (TPSA) is 63.2 Å². The van der Waals surface area contributed by atoms with E-state index in [0.717, 1.165) is 19.3 Å². The van der Waals surface area contributed by atoms with E-state index in [1.165, 1.54) is 0 Å². The Hall–Kier alpha value is -0.290. The molecule has 1 amide bonds. The van der Waals surface area contributed by atoms with Gasteiger partial charge in [-0.3, -0.25) is 4.79 Å². The van der Waals surface area contributed by atoms with E-state index in [0.29, 0.717) is 6.42 Å². The third kappa shape index (κ3) is 4.29. The molecule has 1 rings (SSSR count). The molecule has 1 fully saturated rings. The minimum atomic E-state index is -3.06.